The highest BCUT2D eigenvalue weighted by Crippen LogP contribution is 2.30. The molecule has 0 bridgehead atoms. The van der Waals surface area contributed by atoms with Gasteiger partial charge >= 0.3 is 0 Å². The first-order valence-corrected chi connectivity index (χ1v) is 6.01. The van der Waals surface area contributed by atoms with Crippen LogP contribution >= 0.6 is 0 Å². The van der Waals surface area contributed by atoms with E-state index in [1.807, 2.05) is 42.5 Å². The van der Waals surface area contributed by atoms with Crippen LogP contribution in [0.15, 0.2) is 53.4 Å². The largest absolute Gasteiger partial charge is 0.398 e. The standard InChI is InChI=1S/C15H14N2O/c16-14-11-8-4-5-9-12(11)17-15(18)13(14)10-6-2-1-3-7-10/h1-6,8-10H,7H2,(H3,16,17,18). The fourth-order valence-corrected chi connectivity index (χ4v) is 2.45. The molecule has 1 aromatic heterocycles. The molecule has 3 nitrogen and oxygen atoms in total. The van der Waals surface area contributed by atoms with Crippen molar-refractivity contribution in [3.63, 3.8) is 0 Å². The van der Waals surface area contributed by atoms with Gasteiger partial charge < -0.3 is 10.7 Å². The van der Waals surface area contributed by atoms with Crippen molar-refractivity contribution >= 4 is 16.6 Å². The molecule has 1 aromatic carbocycles. The summed E-state index contributed by atoms with van der Waals surface area (Å²) in [6, 6.07) is 7.62. The molecule has 3 rings (SSSR count). The van der Waals surface area contributed by atoms with Gasteiger partial charge in [-0.3, -0.25) is 4.79 Å². The highest BCUT2D eigenvalue weighted by molar-refractivity contribution is 5.91. The summed E-state index contributed by atoms with van der Waals surface area (Å²) in [5.74, 6) is 0.0726. The molecular weight excluding hydrogens is 224 g/mol. The highest BCUT2D eigenvalue weighted by atomic mass is 16.1. The molecule has 1 unspecified atom stereocenters. The van der Waals surface area contributed by atoms with Crippen molar-refractivity contribution in [2.24, 2.45) is 0 Å². The number of hydrogen-bond acceptors (Lipinski definition) is 2. The minimum atomic E-state index is -0.0869. The molecule has 0 radical (unpaired) electrons. The van der Waals surface area contributed by atoms with Gasteiger partial charge in [-0.25, -0.2) is 0 Å². The molecule has 3 heteroatoms. The maximum Gasteiger partial charge on any atom is 0.254 e. The average Bonchev–Trinajstić information content (AvgIpc) is 2.40. The molecule has 1 atom stereocenters. The van der Waals surface area contributed by atoms with Gasteiger partial charge in [-0.05, 0) is 12.5 Å². The second kappa shape index (κ2) is 4.18. The van der Waals surface area contributed by atoms with Gasteiger partial charge in [-0.15, -0.1) is 0 Å². The van der Waals surface area contributed by atoms with E-state index in [0.717, 1.165) is 17.3 Å². The van der Waals surface area contributed by atoms with Gasteiger partial charge in [0.25, 0.3) is 5.56 Å². The maximum absolute atomic E-state index is 12.2. The third-order valence-corrected chi connectivity index (χ3v) is 3.35. The van der Waals surface area contributed by atoms with E-state index < -0.39 is 0 Å². The van der Waals surface area contributed by atoms with Crippen molar-refractivity contribution in [2.45, 2.75) is 12.3 Å². The molecule has 0 saturated carbocycles. The van der Waals surface area contributed by atoms with E-state index in [0.29, 0.717) is 11.3 Å². The Labute approximate surface area is 105 Å². The number of hydrogen-bond donors (Lipinski definition) is 2. The fourth-order valence-electron chi connectivity index (χ4n) is 2.45. The second-order valence-corrected chi connectivity index (χ2v) is 4.48. The van der Waals surface area contributed by atoms with Crippen LogP contribution in [0.25, 0.3) is 10.9 Å². The Balaban J connectivity index is 2.26. The summed E-state index contributed by atoms with van der Waals surface area (Å²) in [5, 5.41) is 0.912. The molecule has 0 aliphatic heterocycles. The molecule has 1 aliphatic carbocycles. The zero-order valence-corrected chi connectivity index (χ0v) is 9.89. The number of rotatable bonds is 1. The van der Waals surface area contributed by atoms with E-state index in [1.165, 1.54) is 0 Å². The molecule has 3 N–H and O–H groups in total. The second-order valence-electron chi connectivity index (χ2n) is 4.48. The third kappa shape index (κ3) is 1.64. The number of fused-ring (bicyclic) bond motifs is 1. The van der Waals surface area contributed by atoms with E-state index >= 15 is 0 Å². The predicted molar refractivity (Wildman–Crippen MR) is 74.6 cm³/mol. The number of aromatic amines is 1. The Morgan fingerprint density at radius 3 is 2.83 bits per heavy atom. The number of nitrogens with two attached hydrogens (primary N) is 1. The number of anilines is 1. The van der Waals surface area contributed by atoms with Gasteiger partial charge in [0.05, 0.1) is 11.2 Å². The van der Waals surface area contributed by atoms with Crippen LogP contribution in [0.1, 0.15) is 17.9 Å². The third-order valence-electron chi connectivity index (χ3n) is 3.35. The van der Waals surface area contributed by atoms with Crippen molar-refractivity contribution in [3.05, 3.63) is 64.5 Å². The molecule has 1 aliphatic rings. The van der Waals surface area contributed by atoms with Crippen molar-refractivity contribution in [3.8, 4) is 0 Å². The summed E-state index contributed by atoms with van der Waals surface area (Å²) in [6.45, 7) is 0. The Hall–Kier alpha value is -2.29. The number of nitrogens with one attached hydrogen (secondary N) is 1. The molecule has 18 heavy (non-hydrogen) atoms. The van der Waals surface area contributed by atoms with Gasteiger partial charge in [-0.2, -0.15) is 0 Å². The maximum atomic E-state index is 12.2. The van der Waals surface area contributed by atoms with Gasteiger partial charge in [0.15, 0.2) is 0 Å². The van der Waals surface area contributed by atoms with Crippen LogP contribution < -0.4 is 11.3 Å². The van der Waals surface area contributed by atoms with Crippen LogP contribution in [0.2, 0.25) is 0 Å². The molecular formula is C15H14N2O. The number of pyridine rings is 1. The average molecular weight is 238 g/mol. The summed E-state index contributed by atoms with van der Waals surface area (Å²) in [7, 11) is 0. The summed E-state index contributed by atoms with van der Waals surface area (Å²) in [4.78, 5) is 15.1. The Kier molecular flexibility index (Phi) is 2.52. The smallest absolute Gasteiger partial charge is 0.254 e. The zero-order valence-electron chi connectivity index (χ0n) is 9.89. The number of para-hydroxylation sites is 1. The van der Waals surface area contributed by atoms with Crippen LogP contribution in [-0.4, -0.2) is 4.98 Å². The topological polar surface area (TPSA) is 58.9 Å². The Morgan fingerprint density at radius 2 is 2.06 bits per heavy atom. The highest BCUT2D eigenvalue weighted by Gasteiger charge is 2.17. The van der Waals surface area contributed by atoms with Gasteiger partial charge in [0.1, 0.15) is 0 Å². The van der Waals surface area contributed by atoms with Crippen molar-refractivity contribution in [1.82, 2.24) is 4.98 Å². The minimum absolute atomic E-state index is 0.0726. The lowest BCUT2D eigenvalue weighted by molar-refractivity contribution is 0.841. The number of aromatic nitrogens is 1. The van der Waals surface area contributed by atoms with Crippen LogP contribution in [0.3, 0.4) is 0 Å². The summed E-state index contributed by atoms with van der Waals surface area (Å²) in [5.41, 5.74) is 8.15. The first-order chi connectivity index (χ1) is 8.77. The minimum Gasteiger partial charge on any atom is -0.398 e. The lowest BCUT2D eigenvalue weighted by Gasteiger charge is -2.16. The number of benzene rings is 1. The lowest BCUT2D eigenvalue weighted by Crippen LogP contribution is -2.18. The van der Waals surface area contributed by atoms with Crippen molar-refractivity contribution in [2.75, 3.05) is 5.73 Å². The lowest BCUT2D eigenvalue weighted by atomic mass is 9.91. The predicted octanol–water partition coefficient (Wildman–Crippen LogP) is 2.71. The normalized spacial score (nSPS) is 18.3. The van der Waals surface area contributed by atoms with E-state index in [1.54, 1.807) is 0 Å². The number of allylic oxidation sites excluding steroid dienone is 4. The number of H-pyrrole nitrogens is 1. The Morgan fingerprint density at radius 1 is 1.22 bits per heavy atom. The molecule has 0 amide bonds. The Bertz CT molecular complexity index is 710. The molecule has 0 fully saturated rings. The van der Waals surface area contributed by atoms with E-state index in [4.69, 9.17) is 5.73 Å². The molecule has 1 heterocycles. The van der Waals surface area contributed by atoms with Gasteiger partial charge in [-0.1, -0.05) is 42.5 Å². The van der Waals surface area contributed by atoms with Gasteiger partial charge in [0.2, 0.25) is 0 Å². The monoisotopic (exact) mass is 238 g/mol. The zero-order chi connectivity index (χ0) is 12.5. The van der Waals surface area contributed by atoms with Crippen LogP contribution in [0.5, 0.6) is 0 Å². The molecule has 90 valence electrons. The van der Waals surface area contributed by atoms with Crippen LogP contribution in [-0.2, 0) is 0 Å². The molecule has 0 spiro atoms. The van der Waals surface area contributed by atoms with E-state index in [-0.39, 0.29) is 11.5 Å². The molecule has 2 aromatic rings. The summed E-state index contributed by atoms with van der Waals surface area (Å²) in [6.07, 6.45) is 8.85. The van der Waals surface area contributed by atoms with Gasteiger partial charge in [0, 0.05) is 16.9 Å². The first-order valence-electron chi connectivity index (χ1n) is 6.01. The van der Waals surface area contributed by atoms with E-state index in [9.17, 15) is 4.79 Å². The van der Waals surface area contributed by atoms with Crippen molar-refractivity contribution in [1.29, 1.82) is 0 Å². The number of nitrogen functional groups attached to an aromatic ring is 1. The van der Waals surface area contributed by atoms with Crippen LogP contribution in [0.4, 0.5) is 5.69 Å². The summed E-state index contributed by atoms with van der Waals surface area (Å²) < 4.78 is 0. The SMILES string of the molecule is Nc1c(C2C=CC=CC2)c(=O)[nH]c2ccccc12. The van der Waals surface area contributed by atoms with Crippen LogP contribution in [0, 0.1) is 0 Å². The fraction of sp³-hybridized carbons (Fsp3) is 0.133. The van der Waals surface area contributed by atoms with Crippen molar-refractivity contribution < 1.29 is 0 Å². The van der Waals surface area contributed by atoms with E-state index in [2.05, 4.69) is 11.1 Å². The summed E-state index contributed by atoms with van der Waals surface area (Å²) >= 11 is 0. The first kappa shape index (κ1) is 10.8. The quantitative estimate of drug-likeness (QED) is 0.802. The molecule has 0 saturated heterocycles.